The lowest BCUT2D eigenvalue weighted by Crippen LogP contribution is -2.37. The van der Waals surface area contributed by atoms with Gasteiger partial charge >= 0.3 is 0 Å². The predicted octanol–water partition coefficient (Wildman–Crippen LogP) is 2.30. The average molecular weight is 280 g/mol. The Morgan fingerprint density at radius 2 is 2.24 bits per heavy atom. The number of sulfonamides is 1. The van der Waals surface area contributed by atoms with Gasteiger partial charge in [-0.2, -0.15) is 0 Å². The van der Waals surface area contributed by atoms with Gasteiger partial charge in [0.2, 0.25) is 5.44 Å². The summed E-state index contributed by atoms with van der Waals surface area (Å²) in [6.07, 6.45) is 0.712. The number of alkyl halides is 1. The van der Waals surface area contributed by atoms with E-state index in [-0.39, 0.29) is 17.9 Å². The molecule has 1 unspecified atom stereocenters. The highest BCUT2D eigenvalue weighted by Gasteiger charge is 2.34. The van der Waals surface area contributed by atoms with E-state index in [4.69, 9.17) is 16.3 Å². The summed E-state index contributed by atoms with van der Waals surface area (Å²) < 4.78 is 44.4. The molecule has 0 radical (unpaired) electrons. The predicted molar refractivity (Wildman–Crippen MR) is 63.3 cm³/mol. The van der Waals surface area contributed by atoms with Crippen LogP contribution in [0.3, 0.4) is 0 Å². The highest BCUT2D eigenvalue weighted by Crippen LogP contribution is 2.35. The van der Waals surface area contributed by atoms with Gasteiger partial charge in [-0.25, -0.2) is 12.8 Å². The largest absolute Gasteiger partial charge is 0.467 e. The van der Waals surface area contributed by atoms with Crippen LogP contribution in [0.15, 0.2) is 18.2 Å². The number of para-hydroxylation sites is 1. The molecule has 0 aromatic heterocycles. The molecule has 0 fully saturated rings. The van der Waals surface area contributed by atoms with Crippen LogP contribution in [0.25, 0.3) is 0 Å². The molecule has 0 amide bonds. The summed E-state index contributed by atoms with van der Waals surface area (Å²) in [4.78, 5) is 0. The molecule has 2 rings (SSSR count). The van der Waals surface area contributed by atoms with Gasteiger partial charge in [0, 0.05) is 12.3 Å². The lowest BCUT2D eigenvalue weighted by atomic mass is 10.3. The van der Waals surface area contributed by atoms with Crippen molar-refractivity contribution in [2.24, 2.45) is 0 Å². The van der Waals surface area contributed by atoms with Gasteiger partial charge < -0.3 is 4.74 Å². The molecular formula is C10H11ClFNO3S. The van der Waals surface area contributed by atoms with E-state index in [2.05, 4.69) is 4.72 Å². The first-order valence-electron chi connectivity index (χ1n) is 5.07. The van der Waals surface area contributed by atoms with Gasteiger partial charge in [-0.3, -0.25) is 4.72 Å². The second-order valence-electron chi connectivity index (χ2n) is 3.64. The Kier molecular flexibility index (Phi) is 3.44. The van der Waals surface area contributed by atoms with E-state index in [1.165, 1.54) is 18.2 Å². The van der Waals surface area contributed by atoms with E-state index in [0.717, 1.165) is 0 Å². The first-order valence-corrected chi connectivity index (χ1v) is 7.15. The minimum atomic E-state index is -3.62. The second kappa shape index (κ2) is 4.70. The van der Waals surface area contributed by atoms with Crippen molar-refractivity contribution in [3.8, 4) is 5.75 Å². The Bertz CT molecular complexity index is 520. The van der Waals surface area contributed by atoms with Crippen LogP contribution >= 0.6 is 11.6 Å². The van der Waals surface area contributed by atoms with E-state index >= 15 is 0 Å². The van der Waals surface area contributed by atoms with Crippen molar-refractivity contribution < 1.29 is 17.5 Å². The van der Waals surface area contributed by atoms with Crippen LogP contribution in [0.4, 0.5) is 10.1 Å². The molecule has 0 spiro atoms. The fourth-order valence-electron chi connectivity index (χ4n) is 1.58. The molecule has 1 atom stereocenters. The van der Waals surface area contributed by atoms with Crippen molar-refractivity contribution in [3.63, 3.8) is 0 Å². The van der Waals surface area contributed by atoms with Crippen LogP contribution in [-0.4, -0.2) is 19.7 Å². The third-order valence-electron chi connectivity index (χ3n) is 2.39. The summed E-state index contributed by atoms with van der Waals surface area (Å²) in [6, 6.07) is 4.09. The zero-order chi connectivity index (χ0) is 12.5. The molecule has 0 saturated carbocycles. The standard InChI is InChI=1S/C10H11ClFNO3S/c11-6-2-5-9-16-10-7(12)3-1-4-8(10)13-17(9,14)15/h1,3-4,9,13H,2,5-6H2. The number of rotatable bonds is 3. The minimum Gasteiger partial charge on any atom is -0.467 e. The van der Waals surface area contributed by atoms with Crippen LogP contribution in [0, 0.1) is 5.82 Å². The molecule has 1 aliphatic rings. The Morgan fingerprint density at radius 3 is 2.94 bits per heavy atom. The molecule has 1 aliphatic heterocycles. The van der Waals surface area contributed by atoms with Crippen LogP contribution in [0.2, 0.25) is 0 Å². The Balaban J connectivity index is 2.32. The maximum atomic E-state index is 13.4. The van der Waals surface area contributed by atoms with Crippen LogP contribution < -0.4 is 9.46 Å². The van der Waals surface area contributed by atoms with E-state index in [0.29, 0.717) is 12.3 Å². The van der Waals surface area contributed by atoms with Gasteiger partial charge in [0.25, 0.3) is 10.0 Å². The van der Waals surface area contributed by atoms with E-state index in [1.807, 2.05) is 0 Å². The molecule has 94 valence electrons. The van der Waals surface area contributed by atoms with E-state index < -0.39 is 21.3 Å². The fourth-order valence-corrected chi connectivity index (χ4v) is 3.03. The number of benzene rings is 1. The topological polar surface area (TPSA) is 55.4 Å². The molecule has 1 N–H and O–H groups in total. The third kappa shape index (κ3) is 2.47. The van der Waals surface area contributed by atoms with Crippen molar-refractivity contribution in [2.75, 3.05) is 10.6 Å². The molecular weight excluding hydrogens is 269 g/mol. The van der Waals surface area contributed by atoms with Crippen LogP contribution in [0.5, 0.6) is 5.75 Å². The number of ether oxygens (including phenoxy) is 1. The number of anilines is 1. The van der Waals surface area contributed by atoms with E-state index in [9.17, 15) is 12.8 Å². The van der Waals surface area contributed by atoms with Gasteiger partial charge in [-0.1, -0.05) is 6.07 Å². The summed E-state index contributed by atoms with van der Waals surface area (Å²) in [6.45, 7) is 0. The SMILES string of the molecule is O=S1(=O)Nc2cccc(F)c2OC1CCCCl. The maximum absolute atomic E-state index is 13.4. The minimum absolute atomic E-state index is 0.0538. The van der Waals surface area contributed by atoms with Crippen molar-refractivity contribution in [1.82, 2.24) is 0 Å². The third-order valence-corrected chi connectivity index (χ3v) is 4.18. The number of halogens is 2. The van der Waals surface area contributed by atoms with Gasteiger partial charge in [-0.15, -0.1) is 11.6 Å². The Morgan fingerprint density at radius 1 is 1.47 bits per heavy atom. The van der Waals surface area contributed by atoms with Crippen LogP contribution in [-0.2, 0) is 10.0 Å². The van der Waals surface area contributed by atoms with Crippen molar-refractivity contribution in [1.29, 1.82) is 0 Å². The molecule has 0 bridgehead atoms. The summed E-state index contributed by atoms with van der Waals surface area (Å²) >= 11 is 5.50. The molecule has 0 aliphatic carbocycles. The van der Waals surface area contributed by atoms with Gasteiger partial charge in [-0.05, 0) is 18.6 Å². The lowest BCUT2D eigenvalue weighted by Gasteiger charge is -2.27. The number of hydrogen-bond acceptors (Lipinski definition) is 3. The summed E-state index contributed by atoms with van der Waals surface area (Å²) in [5.41, 5.74) is -0.960. The second-order valence-corrected chi connectivity index (χ2v) is 5.84. The van der Waals surface area contributed by atoms with Crippen LogP contribution in [0.1, 0.15) is 12.8 Å². The fraction of sp³-hybridized carbons (Fsp3) is 0.400. The van der Waals surface area contributed by atoms with Crippen molar-refractivity contribution in [2.45, 2.75) is 18.3 Å². The number of fused-ring (bicyclic) bond motifs is 1. The van der Waals surface area contributed by atoms with Crippen molar-refractivity contribution in [3.05, 3.63) is 24.0 Å². The molecule has 4 nitrogen and oxygen atoms in total. The zero-order valence-electron chi connectivity index (χ0n) is 8.82. The number of hydrogen-bond donors (Lipinski definition) is 1. The molecule has 17 heavy (non-hydrogen) atoms. The first-order chi connectivity index (χ1) is 8.04. The first kappa shape index (κ1) is 12.4. The van der Waals surface area contributed by atoms with Crippen molar-refractivity contribution >= 4 is 27.3 Å². The molecule has 1 aromatic rings. The molecule has 7 heteroatoms. The molecule has 1 aromatic carbocycles. The van der Waals surface area contributed by atoms with Gasteiger partial charge in [0.1, 0.15) is 0 Å². The van der Waals surface area contributed by atoms with Gasteiger partial charge in [0.05, 0.1) is 5.69 Å². The summed E-state index contributed by atoms with van der Waals surface area (Å²) in [5.74, 6) is -0.304. The molecule has 0 saturated heterocycles. The number of nitrogens with one attached hydrogen (secondary N) is 1. The monoisotopic (exact) mass is 279 g/mol. The van der Waals surface area contributed by atoms with E-state index in [1.54, 1.807) is 0 Å². The highest BCUT2D eigenvalue weighted by molar-refractivity contribution is 7.93. The average Bonchev–Trinajstić information content (AvgIpc) is 2.26. The Labute approximate surface area is 104 Å². The zero-order valence-corrected chi connectivity index (χ0v) is 10.4. The maximum Gasteiger partial charge on any atom is 0.271 e. The Hall–Kier alpha value is -1.01. The molecule has 1 heterocycles. The smallest absolute Gasteiger partial charge is 0.271 e. The quantitative estimate of drug-likeness (QED) is 0.864. The van der Waals surface area contributed by atoms with Gasteiger partial charge in [0.15, 0.2) is 11.6 Å². The summed E-state index contributed by atoms with van der Waals surface area (Å²) in [7, 11) is -3.62. The normalized spacial score (nSPS) is 21.2. The highest BCUT2D eigenvalue weighted by atomic mass is 35.5. The summed E-state index contributed by atoms with van der Waals surface area (Å²) in [5, 5.41) is 0. The lowest BCUT2D eigenvalue weighted by molar-refractivity contribution is 0.248.